The van der Waals surface area contributed by atoms with Gasteiger partial charge in [-0.3, -0.25) is 0 Å². The molecule has 3 nitrogen and oxygen atoms in total. The van der Waals surface area contributed by atoms with E-state index in [1.54, 1.807) is 0 Å². The summed E-state index contributed by atoms with van der Waals surface area (Å²) in [6.07, 6.45) is -10.4. The molecule has 0 amide bonds. The van der Waals surface area contributed by atoms with Crippen LogP contribution < -0.4 is 18.9 Å². The van der Waals surface area contributed by atoms with Gasteiger partial charge in [-0.25, -0.2) is 26.0 Å². The first kappa shape index (κ1) is 25.9. The van der Waals surface area contributed by atoms with Crippen molar-refractivity contribution in [1.29, 1.82) is 0 Å². The van der Waals surface area contributed by atoms with Gasteiger partial charge in [0.05, 0.1) is 0 Å². The second-order valence-electron chi connectivity index (χ2n) is 3.94. The van der Waals surface area contributed by atoms with Gasteiger partial charge in [-0.15, -0.1) is 0 Å². The molecule has 0 heterocycles. The maximum absolute atomic E-state index is 12.8. The molecule has 0 saturated heterocycles. The van der Waals surface area contributed by atoms with Crippen LogP contribution in [0.25, 0.3) is 0 Å². The van der Waals surface area contributed by atoms with Gasteiger partial charge in [0.15, 0.2) is 0 Å². The molecule has 0 aliphatic heterocycles. The van der Waals surface area contributed by atoms with Gasteiger partial charge in [-0.2, -0.15) is 35.1 Å². The Morgan fingerprint density at radius 1 is 0.708 bits per heavy atom. The molecule has 0 radical (unpaired) electrons. The summed E-state index contributed by atoms with van der Waals surface area (Å²) >= 11 is 0. The Morgan fingerprint density at radius 3 is 1.25 bits per heavy atom. The van der Waals surface area contributed by atoms with Gasteiger partial charge >= 0.3 is 42.6 Å². The second kappa shape index (κ2) is 7.12. The van der Waals surface area contributed by atoms with Crippen molar-refractivity contribution in [3.8, 4) is 0 Å². The predicted octanol–water partition coefficient (Wildman–Crippen LogP) is -0.0244. The quantitative estimate of drug-likeness (QED) is 0.342. The van der Waals surface area contributed by atoms with Crippen LogP contribution >= 0.6 is 0 Å². The second-order valence-corrected chi connectivity index (χ2v) is 5.34. The molecule has 0 rings (SSSR count). The molecular formula is C7H3F12LiO3S. The third-order valence-corrected chi connectivity index (χ3v) is 3.14. The van der Waals surface area contributed by atoms with Crippen molar-refractivity contribution in [1.82, 2.24) is 0 Å². The Hall–Kier alpha value is -0.333. The monoisotopic (exact) mass is 402 g/mol. The smallest absolute Gasteiger partial charge is 0.746 e. The Morgan fingerprint density at radius 2 is 1.00 bits per heavy atom. The van der Waals surface area contributed by atoms with Crippen molar-refractivity contribution < 1.29 is 84.5 Å². The summed E-state index contributed by atoms with van der Waals surface area (Å²) in [5, 5.41) is 0. The average Bonchev–Trinajstić information content (AvgIpc) is 2.34. The minimum Gasteiger partial charge on any atom is -0.746 e. The fraction of sp³-hybridized carbons (Fsp3) is 1.00. The van der Waals surface area contributed by atoms with E-state index in [1.807, 2.05) is 0 Å². The maximum Gasteiger partial charge on any atom is 1.00 e. The van der Waals surface area contributed by atoms with Gasteiger partial charge < -0.3 is 4.55 Å². The van der Waals surface area contributed by atoms with Crippen LogP contribution in [0.1, 0.15) is 0 Å². The van der Waals surface area contributed by atoms with Gasteiger partial charge in [0.1, 0.15) is 10.1 Å². The zero-order chi connectivity index (χ0) is 19.2. The summed E-state index contributed by atoms with van der Waals surface area (Å²) in [6.45, 7) is 0. The molecule has 0 saturated carbocycles. The van der Waals surface area contributed by atoms with Crippen molar-refractivity contribution in [2.45, 2.75) is 41.8 Å². The van der Waals surface area contributed by atoms with Crippen molar-refractivity contribution >= 4 is 10.1 Å². The number of rotatable bonds is 7. The fourth-order valence-corrected chi connectivity index (χ4v) is 1.58. The zero-order valence-electron chi connectivity index (χ0n) is 10.9. The van der Waals surface area contributed by atoms with Crippen LogP contribution in [0.2, 0.25) is 0 Å². The Bertz CT molecular complexity index is 535. The van der Waals surface area contributed by atoms with Crippen molar-refractivity contribution in [3.05, 3.63) is 0 Å². The van der Waals surface area contributed by atoms with Crippen LogP contribution in [0.4, 0.5) is 52.7 Å². The third kappa shape index (κ3) is 3.91. The van der Waals surface area contributed by atoms with Gasteiger partial charge in [-0.05, 0) is 0 Å². The standard InChI is InChI=1S/C7H4F12O3S.Li/c8-1(2(9)10)4(12,13)6(16,17)7(18,19)5(14,15)3(11)23(20,21)22;/h1-3H,(H,20,21,22);/q;+1/p-1. The molecule has 0 N–H and O–H groups in total. The molecule has 0 spiro atoms. The van der Waals surface area contributed by atoms with Crippen LogP contribution in [0.15, 0.2) is 0 Å². The molecule has 0 aromatic carbocycles. The molecule has 17 heteroatoms. The molecular weight excluding hydrogens is 399 g/mol. The van der Waals surface area contributed by atoms with Gasteiger partial charge in [0, 0.05) is 0 Å². The zero-order valence-corrected chi connectivity index (χ0v) is 11.7. The minimum absolute atomic E-state index is 0. The normalized spacial score (nSPS) is 17.4. The summed E-state index contributed by atoms with van der Waals surface area (Å²) in [5.41, 5.74) is -5.64. The molecule has 0 aromatic heterocycles. The third-order valence-electron chi connectivity index (χ3n) is 2.34. The maximum atomic E-state index is 12.8. The summed E-state index contributed by atoms with van der Waals surface area (Å²) in [5.74, 6) is -29.9. The summed E-state index contributed by atoms with van der Waals surface area (Å²) in [7, 11) is -7.05. The molecule has 2 atom stereocenters. The average molecular weight is 402 g/mol. The van der Waals surface area contributed by atoms with Crippen molar-refractivity contribution in [2.75, 3.05) is 0 Å². The molecule has 2 unspecified atom stereocenters. The Balaban J connectivity index is 0. The van der Waals surface area contributed by atoms with E-state index in [1.165, 1.54) is 0 Å². The fourth-order valence-electron chi connectivity index (χ4n) is 1.07. The summed E-state index contributed by atoms with van der Waals surface area (Å²) in [4.78, 5) is 0. The van der Waals surface area contributed by atoms with Gasteiger partial charge in [-0.1, -0.05) is 0 Å². The molecule has 0 aromatic rings. The summed E-state index contributed by atoms with van der Waals surface area (Å²) in [6, 6.07) is 0. The van der Waals surface area contributed by atoms with E-state index in [4.69, 9.17) is 0 Å². The molecule has 140 valence electrons. The van der Waals surface area contributed by atoms with E-state index in [2.05, 4.69) is 0 Å². The van der Waals surface area contributed by atoms with Crippen molar-refractivity contribution in [2.24, 2.45) is 0 Å². The van der Waals surface area contributed by atoms with E-state index in [0.717, 1.165) is 0 Å². The Kier molecular flexibility index (Phi) is 7.68. The van der Waals surface area contributed by atoms with Crippen molar-refractivity contribution in [3.63, 3.8) is 0 Å². The molecule has 0 fully saturated rings. The van der Waals surface area contributed by atoms with E-state index >= 15 is 0 Å². The topological polar surface area (TPSA) is 57.2 Å². The number of alkyl halides is 12. The minimum atomic E-state index is -7.72. The van der Waals surface area contributed by atoms with E-state index in [0.29, 0.717) is 0 Å². The molecule has 0 aliphatic carbocycles. The summed E-state index contributed by atoms with van der Waals surface area (Å²) < 4.78 is 180. The van der Waals surface area contributed by atoms with E-state index in [9.17, 15) is 65.7 Å². The van der Waals surface area contributed by atoms with E-state index < -0.39 is 51.9 Å². The first-order chi connectivity index (χ1) is 9.76. The largest absolute Gasteiger partial charge is 1.00 e. The number of hydrogen-bond acceptors (Lipinski definition) is 3. The van der Waals surface area contributed by atoms with Gasteiger partial charge in [0.2, 0.25) is 6.17 Å². The first-order valence-corrected chi connectivity index (χ1v) is 6.25. The van der Waals surface area contributed by atoms with Crippen LogP contribution in [-0.4, -0.2) is 54.8 Å². The van der Waals surface area contributed by atoms with Crippen LogP contribution in [0.3, 0.4) is 0 Å². The SMILES string of the molecule is O=S(=O)([O-])C(F)C(F)(F)C(F)(F)C(F)(F)C(F)(F)C(F)C(F)F.[Li+]. The Labute approximate surface area is 137 Å². The van der Waals surface area contributed by atoms with E-state index in [-0.39, 0.29) is 18.9 Å². The predicted molar refractivity (Wildman–Crippen MR) is 45.3 cm³/mol. The van der Waals surface area contributed by atoms with Crippen LogP contribution in [0.5, 0.6) is 0 Å². The molecule has 0 aliphatic rings. The first-order valence-electron chi connectivity index (χ1n) is 4.78. The number of hydrogen-bond donors (Lipinski definition) is 0. The van der Waals surface area contributed by atoms with Crippen LogP contribution in [-0.2, 0) is 10.1 Å². The molecule has 24 heavy (non-hydrogen) atoms. The van der Waals surface area contributed by atoms with Gasteiger partial charge in [0.25, 0.3) is 11.9 Å². The number of halogens is 12. The van der Waals surface area contributed by atoms with Crippen LogP contribution in [0, 0.1) is 0 Å². The molecule has 0 bridgehead atoms.